The van der Waals surface area contributed by atoms with Crippen molar-refractivity contribution in [1.82, 2.24) is 15.5 Å². The fraction of sp³-hybridized carbons (Fsp3) is 0.562. The highest BCUT2D eigenvalue weighted by atomic mass is 35.5. The van der Waals surface area contributed by atoms with E-state index in [4.69, 9.17) is 4.74 Å². The van der Waals surface area contributed by atoms with Crippen molar-refractivity contribution in [3.05, 3.63) is 29.8 Å². The summed E-state index contributed by atoms with van der Waals surface area (Å²) in [6.07, 6.45) is 2.34. The van der Waals surface area contributed by atoms with Crippen molar-refractivity contribution >= 4 is 18.3 Å². The molecule has 1 unspecified atom stereocenters. The van der Waals surface area contributed by atoms with Crippen molar-refractivity contribution in [1.29, 1.82) is 0 Å². The Balaban J connectivity index is 0.00000242. The Hall–Kier alpha value is -1.30. The minimum Gasteiger partial charge on any atom is -0.497 e. The Morgan fingerprint density at radius 3 is 2.73 bits per heavy atom. The Morgan fingerprint density at radius 2 is 2.09 bits per heavy atom. The smallest absolute Gasteiger partial charge is 0.234 e. The number of hydrogen-bond donors (Lipinski definition) is 2. The van der Waals surface area contributed by atoms with Gasteiger partial charge in [0.2, 0.25) is 5.91 Å². The summed E-state index contributed by atoms with van der Waals surface area (Å²) in [5, 5.41) is 6.27. The highest BCUT2D eigenvalue weighted by Gasteiger charge is 2.19. The third-order valence-electron chi connectivity index (χ3n) is 3.93. The van der Waals surface area contributed by atoms with Crippen LogP contribution in [-0.2, 0) is 11.3 Å². The van der Waals surface area contributed by atoms with Crippen LogP contribution in [0.25, 0.3) is 0 Å². The molecule has 0 radical (unpaired) electrons. The van der Waals surface area contributed by atoms with Gasteiger partial charge in [0.1, 0.15) is 5.75 Å². The SMILES string of the molecule is CNC1CCCN(CC(=O)NCc2ccc(OC)cc2)C1.Cl. The first-order valence-corrected chi connectivity index (χ1v) is 7.50. The molecule has 2 N–H and O–H groups in total. The minimum absolute atomic E-state index is 0. The van der Waals surface area contributed by atoms with E-state index in [9.17, 15) is 4.79 Å². The van der Waals surface area contributed by atoms with Crippen LogP contribution in [0.4, 0.5) is 0 Å². The molecule has 0 saturated carbocycles. The molecular weight excluding hydrogens is 302 g/mol. The van der Waals surface area contributed by atoms with Crippen molar-refractivity contribution in [3.8, 4) is 5.75 Å². The lowest BCUT2D eigenvalue weighted by Crippen LogP contribution is -2.47. The molecule has 0 aromatic heterocycles. The average molecular weight is 328 g/mol. The number of rotatable bonds is 6. The summed E-state index contributed by atoms with van der Waals surface area (Å²) in [6.45, 7) is 3.00. The van der Waals surface area contributed by atoms with E-state index in [1.54, 1.807) is 7.11 Å². The maximum atomic E-state index is 12.0. The van der Waals surface area contributed by atoms with Crippen molar-refractivity contribution < 1.29 is 9.53 Å². The monoisotopic (exact) mass is 327 g/mol. The number of benzene rings is 1. The van der Waals surface area contributed by atoms with E-state index in [2.05, 4.69) is 15.5 Å². The lowest BCUT2D eigenvalue weighted by atomic mass is 10.1. The predicted octanol–water partition coefficient (Wildman–Crippen LogP) is 1.42. The molecule has 124 valence electrons. The van der Waals surface area contributed by atoms with Gasteiger partial charge in [0, 0.05) is 19.1 Å². The lowest BCUT2D eigenvalue weighted by Gasteiger charge is -2.31. The number of carbonyl (C=O) groups is 1. The topological polar surface area (TPSA) is 53.6 Å². The number of ether oxygens (including phenoxy) is 1. The van der Waals surface area contributed by atoms with Gasteiger partial charge in [-0.15, -0.1) is 12.4 Å². The Morgan fingerprint density at radius 1 is 1.36 bits per heavy atom. The van der Waals surface area contributed by atoms with E-state index in [1.165, 1.54) is 6.42 Å². The largest absolute Gasteiger partial charge is 0.497 e. The number of likely N-dealkylation sites (tertiary alicyclic amines) is 1. The summed E-state index contributed by atoms with van der Waals surface area (Å²) >= 11 is 0. The molecule has 1 amide bonds. The first kappa shape index (κ1) is 18.7. The first-order chi connectivity index (χ1) is 10.2. The molecule has 5 nitrogen and oxygen atoms in total. The summed E-state index contributed by atoms with van der Waals surface area (Å²) in [5.41, 5.74) is 1.08. The molecule has 1 fully saturated rings. The van der Waals surface area contributed by atoms with Gasteiger partial charge in [0.25, 0.3) is 0 Å². The number of nitrogens with one attached hydrogen (secondary N) is 2. The van der Waals surface area contributed by atoms with Crippen LogP contribution in [0.2, 0.25) is 0 Å². The van der Waals surface area contributed by atoms with Gasteiger partial charge in [0.05, 0.1) is 13.7 Å². The van der Waals surface area contributed by atoms with Crippen LogP contribution < -0.4 is 15.4 Å². The van der Waals surface area contributed by atoms with E-state index in [1.807, 2.05) is 31.3 Å². The van der Waals surface area contributed by atoms with Crippen molar-refractivity contribution in [2.75, 3.05) is 33.8 Å². The second-order valence-electron chi connectivity index (χ2n) is 5.49. The van der Waals surface area contributed by atoms with Crippen molar-refractivity contribution in [2.24, 2.45) is 0 Å². The molecule has 1 saturated heterocycles. The standard InChI is InChI=1S/C16H25N3O2.ClH/c1-17-14-4-3-9-19(11-14)12-16(20)18-10-13-5-7-15(21-2)8-6-13;/h5-8,14,17H,3-4,9-12H2,1-2H3,(H,18,20);1H. The van der Waals surface area contributed by atoms with E-state index in [-0.39, 0.29) is 18.3 Å². The summed E-state index contributed by atoms with van der Waals surface area (Å²) in [5.74, 6) is 0.916. The second-order valence-corrected chi connectivity index (χ2v) is 5.49. The molecule has 1 aromatic rings. The van der Waals surface area contributed by atoms with E-state index < -0.39 is 0 Å². The van der Waals surface area contributed by atoms with Gasteiger partial charge < -0.3 is 15.4 Å². The zero-order valence-corrected chi connectivity index (χ0v) is 14.1. The minimum atomic E-state index is 0. The zero-order chi connectivity index (χ0) is 15.1. The van der Waals surface area contributed by atoms with Gasteiger partial charge >= 0.3 is 0 Å². The molecule has 6 heteroatoms. The molecule has 0 bridgehead atoms. The summed E-state index contributed by atoms with van der Waals surface area (Å²) in [6, 6.07) is 8.26. The third-order valence-corrected chi connectivity index (χ3v) is 3.93. The number of carbonyl (C=O) groups excluding carboxylic acids is 1. The van der Waals surface area contributed by atoms with Gasteiger partial charge in [-0.1, -0.05) is 12.1 Å². The molecule has 1 aliphatic heterocycles. The first-order valence-electron chi connectivity index (χ1n) is 7.50. The van der Waals surface area contributed by atoms with Crippen LogP contribution in [0.5, 0.6) is 5.75 Å². The van der Waals surface area contributed by atoms with Crippen molar-refractivity contribution in [2.45, 2.75) is 25.4 Å². The number of nitrogens with zero attached hydrogens (tertiary/aromatic N) is 1. The highest BCUT2D eigenvalue weighted by Crippen LogP contribution is 2.11. The lowest BCUT2D eigenvalue weighted by molar-refractivity contribution is -0.122. The molecule has 0 aliphatic carbocycles. The van der Waals surface area contributed by atoms with Crippen LogP contribution in [0.15, 0.2) is 24.3 Å². The van der Waals surface area contributed by atoms with Crippen LogP contribution in [0, 0.1) is 0 Å². The number of methoxy groups -OCH3 is 1. The summed E-state index contributed by atoms with van der Waals surface area (Å²) < 4.78 is 5.12. The number of amides is 1. The van der Waals surface area contributed by atoms with Gasteiger partial charge in [-0.25, -0.2) is 0 Å². The summed E-state index contributed by atoms with van der Waals surface area (Å²) in [4.78, 5) is 14.2. The highest BCUT2D eigenvalue weighted by molar-refractivity contribution is 5.85. The Bertz CT molecular complexity index is 453. The number of likely N-dealkylation sites (N-methyl/N-ethyl adjacent to an activating group) is 1. The van der Waals surface area contributed by atoms with Gasteiger partial charge in [-0.3, -0.25) is 9.69 Å². The third kappa shape index (κ3) is 5.83. The number of halogens is 1. The zero-order valence-electron chi connectivity index (χ0n) is 13.3. The second kappa shape index (κ2) is 9.66. The molecule has 2 rings (SSSR count). The molecule has 1 heterocycles. The van der Waals surface area contributed by atoms with Crippen LogP contribution in [0.3, 0.4) is 0 Å². The quantitative estimate of drug-likeness (QED) is 0.829. The Kier molecular flexibility index (Phi) is 8.24. The van der Waals surface area contributed by atoms with Crippen LogP contribution in [-0.4, -0.2) is 50.6 Å². The average Bonchev–Trinajstić information content (AvgIpc) is 2.53. The van der Waals surface area contributed by atoms with Crippen LogP contribution >= 0.6 is 12.4 Å². The maximum absolute atomic E-state index is 12.0. The molecule has 0 spiro atoms. The van der Waals surface area contributed by atoms with Crippen LogP contribution in [0.1, 0.15) is 18.4 Å². The molecule has 1 aromatic carbocycles. The maximum Gasteiger partial charge on any atom is 0.234 e. The van der Waals surface area contributed by atoms with E-state index in [0.29, 0.717) is 19.1 Å². The van der Waals surface area contributed by atoms with Gasteiger partial charge in [0.15, 0.2) is 0 Å². The normalized spacial score (nSPS) is 18.4. The summed E-state index contributed by atoms with van der Waals surface area (Å²) in [7, 11) is 3.63. The number of hydrogen-bond acceptors (Lipinski definition) is 4. The fourth-order valence-electron chi connectivity index (χ4n) is 2.64. The number of piperidine rings is 1. The van der Waals surface area contributed by atoms with E-state index in [0.717, 1.165) is 30.8 Å². The van der Waals surface area contributed by atoms with Gasteiger partial charge in [-0.2, -0.15) is 0 Å². The van der Waals surface area contributed by atoms with E-state index >= 15 is 0 Å². The molecular formula is C16H26ClN3O2. The van der Waals surface area contributed by atoms with Gasteiger partial charge in [-0.05, 0) is 44.1 Å². The molecule has 1 atom stereocenters. The molecule has 1 aliphatic rings. The predicted molar refractivity (Wildman–Crippen MR) is 90.6 cm³/mol. The Labute approximate surface area is 138 Å². The fourth-order valence-corrected chi connectivity index (χ4v) is 2.64. The molecule has 22 heavy (non-hydrogen) atoms. The van der Waals surface area contributed by atoms with Crippen molar-refractivity contribution in [3.63, 3.8) is 0 Å².